The van der Waals surface area contributed by atoms with E-state index in [1.54, 1.807) is 0 Å². The van der Waals surface area contributed by atoms with Crippen LogP contribution in [0.5, 0.6) is 0 Å². The first kappa shape index (κ1) is 12.3. The molecule has 1 aliphatic carbocycles. The minimum Gasteiger partial charge on any atom is -0.299 e. The van der Waals surface area contributed by atoms with E-state index in [0.717, 1.165) is 12.8 Å². The van der Waals surface area contributed by atoms with E-state index in [1.807, 2.05) is 0 Å². The highest BCUT2D eigenvalue weighted by atomic mass is 16.1. The molecule has 1 aromatic carbocycles. The van der Waals surface area contributed by atoms with Gasteiger partial charge in [0.25, 0.3) is 0 Å². The zero-order valence-electron chi connectivity index (χ0n) is 11.2. The quantitative estimate of drug-likeness (QED) is 0.767. The van der Waals surface area contributed by atoms with Crippen molar-refractivity contribution >= 4 is 5.78 Å². The monoisotopic (exact) mass is 230 g/mol. The van der Waals surface area contributed by atoms with Gasteiger partial charge in [-0.3, -0.25) is 4.79 Å². The van der Waals surface area contributed by atoms with Crippen LogP contribution < -0.4 is 0 Å². The van der Waals surface area contributed by atoms with E-state index in [1.165, 1.54) is 29.5 Å². The molecule has 92 valence electrons. The van der Waals surface area contributed by atoms with Crippen molar-refractivity contribution in [1.82, 2.24) is 0 Å². The summed E-state index contributed by atoms with van der Waals surface area (Å²) in [5.41, 5.74) is 3.71. The molecule has 1 heteroatoms. The first-order valence-electron chi connectivity index (χ1n) is 6.61. The summed E-state index contributed by atoms with van der Waals surface area (Å²) in [5, 5.41) is 0. The smallest absolute Gasteiger partial charge is 0.143 e. The van der Waals surface area contributed by atoms with Crippen LogP contribution in [-0.4, -0.2) is 5.78 Å². The minimum absolute atomic E-state index is 0.0429. The van der Waals surface area contributed by atoms with Gasteiger partial charge in [-0.1, -0.05) is 38.0 Å². The maximum Gasteiger partial charge on any atom is 0.143 e. The fraction of sp³-hybridized carbons (Fsp3) is 0.562. The molecule has 0 bridgehead atoms. The van der Waals surface area contributed by atoms with E-state index in [9.17, 15) is 4.79 Å². The van der Waals surface area contributed by atoms with Crippen LogP contribution in [-0.2, 0) is 11.2 Å². The molecule has 0 amide bonds. The molecule has 1 nitrogen and oxygen atoms in total. The summed E-state index contributed by atoms with van der Waals surface area (Å²) in [6, 6.07) is 6.37. The van der Waals surface area contributed by atoms with Gasteiger partial charge in [0.15, 0.2) is 0 Å². The van der Waals surface area contributed by atoms with Crippen molar-refractivity contribution in [1.29, 1.82) is 0 Å². The molecule has 1 fully saturated rings. The van der Waals surface area contributed by atoms with Crippen molar-refractivity contribution in [3.05, 3.63) is 34.9 Å². The van der Waals surface area contributed by atoms with Crippen LogP contribution in [0, 0.1) is 19.3 Å². The second-order valence-corrected chi connectivity index (χ2v) is 5.79. The summed E-state index contributed by atoms with van der Waals surface area (Å²) >= 11 is 0. The van der Waals surface area contributed by atoms with Crippen molar-refractivity contribution in [3.63, 3.8) is 0 Å². The fourth-order valence-corrected chi connectivity index (χ4v) is 2.75. The van der Waals surface area contributed by atoms with E-state index in [2.05, 4.69) is 39.0 Å². The number of ketones is 1. The lowest BCUT2D eigenvalue weighted by molar-refractivity contribution is -0.126. The molecule has 0 radical (unpaired) electrons. The first-order chi connectivity index (χ1) is 8.01. The molecular formula is C16H22O. The molecule has 0 aromatic heterocycles. The molecule has 2 rings (SSSR count). The van der Waals surface area contributed by atoms with Gasteiger partial charge in [-0.25, -0.2) is 0 Å². The molecule has 17 heavy (non-hydrogen) atoms. The third kappa shape index (κ3) is 2.59. The van der Waals surface area contributed by atoms with E-state index in [-0.39, 0.29) is 5.41 Å². The molecule has 0 heterocycles. The van der Waals surface area contributed by atoms with Crippen LogP contribution in [0.1, 0.15) is 49.3 Å². The van der Waals surface area contributed by atoms with Gasteiger partial charge in [0.2, 0.25) is 0 Å². The number of Topliss-reactive ketones (excluding diaryl/α,β-unsaturated/α-hetero) is 1. The normalized spacial score (nSPS) is 18.3. The van der Waals surface area contributed by atoms with E-state index >= 15 is 0 Å². The number of aryl methyl sites for hydroxylation is 2. The van der Waals surface area contributed by atoms with Crippen LogP contribution in [0.3, 0.4) is 0 Å². The maximum atomic E-state index is 12.3. The topological polar surface area (TPSA) is 17.1 Å². The molecule has 0 spiro atoms. The highest BCUT2D eigenvalue weighted by Gasteiger charge is 2.35. The number of rotatable bonds is 3. The number of carbonyl (C=O) groups excluding carboxylic acids is 1. The Morgan fingerprint density at radius 3 is 2.41 bits per heavy atom. The SMILES string of the molecule is Cc1ccc(CC(=O)C2(C)CCCC2)cc1C. The fourth-order valence-electron chi connectivity index (χ4n) is 2.75. The van der Waals surface area contributed by atoms with Crippen molar-refractivity contribution in [2.75, 3.05) is 0 Å². The van der Waals surface area contributed by atoms with Crippen molar-refractivity contribution in [2.45, 2.75) is 52.9 Å². The van der Waals surface area contributed by atoms with E-state index < -0.39 is 0 Å². The molecule has 0 atom stereocenters. The number of carbonyl (C=O) groups is 1. The van der Waals surface area contributed by atoms with Crippen molar-refractivity contribution in [2.24, 2.45) is 5.41 Å². The number of benzene rings is 1. The third-order valence-corrected chi connectivity index (χ3v) is 4.32. The van der Waals surface area contributed by atoms with Gasteiger partial charge in [0.1, 0.15) is 5.78 Å². The van der Waals surface area contributed by atoms with Gasteiger partial charge in [-0.2, -0.15) is 0 Å². The Morgan fingerprint density at radius 1 is 1.18 bits per heavy atom. The zero-order chi connectivity index (χ0) is 12.5. The first-order valence-corrected chi connectivity index (χ1v) is 6.61. The number of hydrogen-bond donors (Lipinski definition) is 0. The molecule has 0 N–H and O–H groups in total. The molecule has 1 aromatic rings. The molecule has 1 aliphatic rings. The molecule has 0 aliphatic heterocycles. The zero-order valence-corrected chi connectivity index (χ0v) is 11.2. The lowest BCUT2D eigenvalue weighted by Gasteiger charge is -2.21. The van der Waals surface area contributed by atoms with Gasteiger partial charge in [-0.05, 0) is 43.4 Å². The Labute approximate surface area is 104 Å². The highest BCUT2D eigenvalue weighted by Crippen LogP contribution is 2.39. The van der Waals surface area contributed by atoms with E-state index in [4.69, 9.17) is 0 Å². The second-order valence-electron chi connectivity index (χ2n) is 5.79. The molecule has 1 saturated carbocycles. The summed E-state index contributed by atoms with van der Waals surface area (Å²) in [7, 11) is 0. The third-order valence-electron chi connectivity index (χ3n) is 4.32. The van der Waals surface area contributed by atoms with E-state index in [0.29, 0.717) is 12.2 Å². The standard InChI is InChI=1S/C16H22O/c1-12-6-7-14(10-13(12)2)11-15(17)16(3)8-4-5-9-16/h6-7,10H,4-5,8-9,11H2,1-3H3. The van der Waals surface area contributed by atoms with Crippen LogP contribution in [0.2, 0.25) is 0 Å². The summed E-state index contributed by atoms with van der Waals surface area (Å²) in [6.07, 6.45) is 5.20. The van der Waals surface area contributed by atoms with Crippen LogP contribution in [0.15, 0.2) is 18.2 Å². The van der Waals surface area contributed by atoms with Crippen molar-refractivity contribution in [3.8, 4) is 0 Å². The van der Waals surface area contributed by atoms with Crippen LogP contribution in [0.4, 0.5) is 0 Å². The minimum atomic E-state index is -0.0429. The second kappa shape index (κ2) is 4.64. The highest BCUT2D eigenvalue weighted by molar-refractivity contribution is 5.86. The summed E-state index contributed by atoms with van der Waals surface area (Å²) in [4.78, 5) is 12.3. The average Bonchev–Trinajstić information content (AvgIpc) is 2.72. The van der Waals surface area contributed by atoms with Crippen LogP contribution >= 0.6 is 0 Å². The molecular weight excluding hydrogens is 208 g/mol. The average molecular weight is 230 g/mol. The summed E-state index contributed by atoms with van der Waals surface area (Å²) in [6.45, 7) is 6.36. The summed E-state index contributed by atoms with van der Waals surface area (Å²) in [5.74, 6) is 0.429. The van der Waals surface area contributed by atoms with Gasteiger partial charge >= 0.3 is 0 Å². The molecule has 0 unspecified atom stereocenters. The Morgan fingerprint density at radius 2 is 1.82 bits per heavy atom. The van der Waals surface area contributed by atoms with Gasteiger partial charge in [0.05, 0.1) is 0 Å². The lowest BCUT2D eigenvalue weighted by Crippen LogP contribution is -2.25. The van der Waals surface area contributed by atoms with Gasteiger partial charge < -0.3 is 0 Å². The van der Waals surface area contributed by atoms with Gasteiger partial charge in [0, 0.05) is 11.8 Å². The maximum absolute atomic E-state index is 12.3. The largest absolute Gasteiger partial charge is 0.299 e. The Balaban J connectivity index is 2.10. The van der Waals surface area contributed by atoms with Crippen molar-refractivity contribution < 1.29 is 4.79 Å². The summed E-state index contributed by atoms with van der Waals surface area (Å²) < 4.78 is 0. The predicted molar refractivity (Wildman–Crippen MR) is 71.2 cm³/mol. The Hall–Kier alpha value is -1.11. The lowest BCUT2D eigenvalue weighted by atomic mass is 9.81. The predicted octanol–water partition coefficient (Wildman–Crippen LogP) is 4.00. The van der Waals surface area contributed by atoms with Gasteiger partial charge in [-0.15, -0.1) is 0 Å². The Kier molecular flexibility index (Phi) is 3.37. The number of hydrogen-bond acceptors (Lipinski definition) is 1. The van der Waals surface area contributed by atoms with Crippen LogP contribution in [0.25, 0.3) is 0 Å². The Bertz CT molecular complexity index is 425. The molecule has 0 saturated heterocycles.